The van der Waals surface area contributed by atoms with E-state index in [1.807, 2.05) is 0 Å². The molecule has 0 saturated heterocycles. The van der Waals surface area contributed by atoms with Gasteiger partial charge in [-0.15, -0.1) is 0 Å². The van der Waals surface area contributed by atoms with Gasteiger partial charge in [-0.1, -0.05) is 6.92 Å². The van der Waals surface area contributed by atoms with Gasteiger partial charge in [0.1, 0.15) is 0 Å². The second-order valence-electron chi connectivity index (χ2n) is 5.68. The summed E-state index contributed by atoms with van der Waals surface area (Å²) in [6.45, 7) is 1.60. The van der Waals surface area contributed by atoms with E-state index < -0.39 is 63.1 Å². The molecule has 23 heteroatoms. The van der Waals surface area contributed by atoms with Gasteiger partial charge in [-0.2, -0.15) is 83.1 Å². The molecule has 0 radical (unpaired) electrons. The Hall–Kier alpha value is -1.81. The normalized spacial score (nSPS) is 15.5. The fraction of sp³-hybridized carbons (Fsp3) is 0.909. The molecule has 0 aliphatic heterocycles. The fourth-order valence-corrected chi connectivity index (χ4v) is 1.76. The quantitative estimate of drug-likeness (QED) is 0.303. The summed E-state index contributed by atoms with van der Waals surface area (Å²) >= 11 is 0. The summed E-state index contributed by atoms with van der Waals surface area (Å²) in [5.41, 5.74) is 0. The Kier molecular flexibility index (Phi) is 9.10. The van der Waals surface area contributed by atoms with Gasteiger partial charge in [0.25, 0.3) is 0 Å². The lowest BCUT2D eigenvalue weighted by Crippen LogP contribution is -2.74. The molecule has 0 aromatic rings. The lowest BCUT2D eigenvalue weighted by atomic mass is 9.91. The van der Waals surface area contributed by atoms with Gasteiger partial charge in [-0.25, -0.2) is 0 Å². The highest BCUT2D eigenvalue weighted by Gasteiger charge is 2.96. The van der Waals surface area contributed by atoms with Crippen molar-refractivity contribution in [1.82, 2.24) is 0 Å². The summed E-state index contributed by atoms with van der Waals surface area (Å²) in [6, 6.07) is 0. The predicted molar refractivity (Wildman–Crippen MR) is 70.2 cm³/mol. The molecule has 206 valence electrons. The smallest absolute Gasteiger partial charge is 0.460 e. The minimum atomic E-state index is -8.89. The standard InChI is InChI=1S/C8HF17O3S.C3H6O2/c9-1(10,3(13,14)5(17,18)7(21,22)23)2(11,12)4(15,16)6(19,20)8(24,25)29(26,27)28;1-2-3(4)5/h(H,26,27,28);2H2,1H3,(H,4,5). The summed E-state index contributed by atoms with van der Waals surface area (Å²) < 4.78 is 242. The SMILES string of the molecule is CCC(=O)O.O=S(=O)(O)C(F)(F)C(F)(F)C(F)(F)C(F)(F)C(F)(F)C(F)(F)C(F)(F)C(F)(F)F. The van der Waals surface area contributed by atoms with Crippen LogP contribution in [0.5, 0.6) is 0 Å². The average molecular weight is 574 g/mol. The number of halogens is 17. The number of rotatable bonds is 8. The molecule has 0 bridgehead atoms. The molecule has 2 N–H and O–H groups in total. The van der Waals surface area contributed by atoms with Crippen LogP contribution in [0.15, 0.2) is 0 Å². The molecule has 0 aliphatic carbocycles. The van der Waals surface area contributed by atoms with E-state index in [9.17, 15) is 87.8 Å². The molecule has 0 unspecified atom stereocenters. The van der Waals surface area contributed by atoms with Crippen LogP contribution in [0.4, 0.5) is 74.6 Å². The van der Waals surface area contributed by atoms with Gasteiger partial charge < -0.3 is 5.11 Å². The highest BCUT2D eigenvalue weighted by Crippen LogP contribution is 2.64. The summed E-state index contributed by atoms with van der Waals surface area (Å²) in [5, 5.41) is -0.120. The Bertz CT molecular complexity index is 844. The van der Waals surface area contributed by atoms with E-state index in [1.165, 1.54) is 0 Å². The van der Waals surface area contributed by atoms with Crippen molar-refractivity contribution >= 4 is 16.1 Å². The predicted octanol–water partition coefficient (Wildman–Crippen LogP) is 5.32. The van der Waals surface area contributed by atoms with E-state index in [0.717, 1.165) is 0 Å². The zero-order valence-electron chi connectivity index (χ0n) is 15.2. The van der Waals surface area contributed by atoms with E-state index >= 15 is 0 Å². The third kappa shape index (κ3) is 4.94. The lowest BCUT2D eigenvalue weighted by Gasteiger charge is -2.42. The van der Waals surface area contributed by atoms with Crippen molar-refractivity contribution in [3.8, 4) is 0 Å². The first-order valence-electron chi connectivity index (χ1n) is 7.17. The van der Waals surface area contributed by atoms with Gasteiger partial charge in [0.05, 0.1) is 0 Å². The molecule has 0 aliphatic rings. The maximum absolute atomic E-state index is 13.0. The number of carboxylic acids is 1. The van der Waals surface area contributed by atoms with Crippen LogP contribution in [0.3, 0.4) is 0 Å². The van der Waals surface area contributed by atoms with Crippen molar-refractivity contribution in [1.29, 1.82) is 0 Å². The molecule has 0 aromatic carbocycles. The molecule has 0 aromatic heterocycles. The first-order valence-corrected chi connectivity index (χ1v) is 8.61. The van der Waals surface area contributed by atoms with Crippen molar-refractivity contribution in [3.05, 3.63) is 0 Å². The second-order valence-corrected chi connectivity index (χ2v) is 7.15. The monoisotopic (exact) mass is 574 g/mol. The zero-order chi connectivity index (χ0) is 28.8. The van der Waals surface area contributed by atoms with Gasteiger partial charge in [-0.05, 0) is 0 Å². The molecule has 5 nitrogen and oxygen atoms in total. The van der Waals surface area contributed by atoms with Crippen LogP contribution in [-0.2, 0) is 14.9 Å². The summed E-state index contributed by atoms with van der Waals surface area (Å²) in [6.07, 6.45) is -7.66. The van der Waals surface area contributed by atoms with E-state index in [0.29, 0.717) is 0 Å². The van der Waals surface area contributed by atoms with Gasteiger partial charge in [-0.3, -0.25) is 9.35 Å². The van der Waals surface area contributed by atoms with Crippen LogP contribution in [-0.4, -0.2) is 71.0 Å². The zero-order valence-corrected chi connectivity index (χ0v) is 16.0. The largest absolute Gasteiger partial charge is 0.481 e. The van der Waals surface area contributed by atoms with E-state index in [1.54, 1.807) is 6.92 Å². The van der Waals surface area contributed by atoms with Gasteiger partial charge in [0.15, 0.2) is 0 Å². The Morgan fingerprint density at radius 2 is 0.794 bits per heavy atom. The maximum Gasteiger partial charge on any atom is 0.460 e. The van der Waals surface area contributed by atoms with Crippen molar-refractivity contribution in [2.45, 2.75) is 60.3 Å². The summed E-state index contributed by atoms with van der Waals surface area (Å²) in [5.74, 6) is -52.7. The van der Waals surface area contributed by atoms with Crippen LogP contribution >= 0.6 is 0 Å². The highest BCUT2D eigenvalue weighted by molar-refractivity contribution is 7.87. The molecule has 34 heavy (non-hydrogen) atoms. The van der Waals surface area contributed by atoms with Crippen molar-refractivity contribution in [3.63, 3.8) is 0 Å². The van der Waals surface area contributed by atoms with Crippen LogP contribution in [0, 0.1) is 0 Å². The Balaban J connectivity index is 0. The van der Waals surface area contributed by atoms with Crippen molar-refractivity contribution in [2.24, 2.45) is 0 Å². The summed E-state index contributed by atoms with van der Waals surface area (Å²) in [4.78, 5) is 9.37. The first-order chi connectivity index (χ1) is 14.3. The molecule has 0 rings (SSSR count). The number of hydrogen-bond acceptors (Lipinski definition) is 3. The van der Waals surface area contributed by atoms with E-state index in [-0.39, 0.29) is 6.42 Å². The Labute approximate surface area is 175 Å². The number of alkyl halides is 17. The third-order valence-electron chi connectivity index (χ3n) is 3.32. The van der Waals surface area contributed by atoms with Gasteiger partial charge in [0, 0.05) is 6.42 Å². The number of hydrogen-bond donors (Lipinski definition) is 2. The molecule has 0 heterocycles. The maximum atomic E-state index is 13.0. The molecule has 0 fully saturated rings. The molecule has 0 spiro atoms. The number of aliphatic carboxylic acids is 1. The van der Waals surface area contributed by atoms with Crippen LogP contribution < -0.4 is 0 Å². The van der Waals surface area contributed by atoms with E-state index in [2.05, 4.69) is 0 Å². The fourth-order valence-electron chi connectivity index (χ4n) is 1.31. The first kappa shape index (κ1) is 34.4. The van der Waals surface area contributed by atoms with Crippen LogP contribution in [0.2, 0.25) is 0 Å². The number of carboxylic acid groups (broad SMARTS) is 1. The minimum absolute atomic E-state index is 0.222. The lowest BCUT2D eigenvalue weighted by molar-refractivity contribution is -0.458. The van der Waals surface area contributed by atoms with Crippen molar-refractivity contribution in [2.75, 3.05) is 0 Å². The van der Waals surface area contributed by atoms with Crippen LogP contribution in [0.25, 0.3) is 0 Å². The van der Waals surface area contributed by atoms with E-state index in [4.69, 9.17) is 9.66 Å². The van der Waals surface area contributed by atoms with Crippen molar-refractivity contribution < 1.29 is 97.5 Å². The Morgan fingerprint density at radius 3 is 0.971 bits per heavy atom. The average Bonchev–Trinajstić information content (AvgIpc) is 2.59. The molecule has 0 amide bonds. The topological polar surface area (TPSA) is 91.7 Å². The summed E-state index contributed by atoms with van der Waals surface area (Å²) in [7, 11) is -7.89. The molecule has 0 saturated carbocycles. The molecular weight excluding hydrogens is 567 g/mol. The number of carbonyl (C=O) groups is 1. The highest BCUT2D eigenvalue weighted by atomic mass is 32.2. The van der Waals surface area contributed by atoms with Gasteiger partial charge in [0.2, 0.25) is 0 Å². The Morgan fingerprint density at radius 1 is 0.588 bits per heavy atom. The second kappa shape index (κ2) is 9.00. The minimum Gasteiger partial charge on any atom is -0.481 e. The third-order valence-corrected chi connectivity index (χ3v) is 4.22. The molecule has 0 atom stereocenters. The van der Waals surface area contributed by atoms with Gasteiger partial charge >= 0.3 is 63.1 Å². The van der Waals surface area contributed by atoms with Crippen LogP contribution in [0.1, 0.15) is 13.3 Å². The molecular formula is C11H7F17O5S.